The largest absolute Gasteiger partial charge is 0.497 e. The number of aromatic nitrogens is 3. The molecule has 0 saturated heterocycles. The van der Waals surface area contributed by atoms with Crippen molar-refractivity contribution in [3.05, 3.63) is 53.6 Å². The van der Waals surface area contributed by atoms with Crippen LogP contribution in [0.5, 0.6) is 5.75 Å². The molecule has 0 radical (unpaired) electrons. The molecular formula is C20H22N4O2S. The first-order valence-corrected chi connectivity index (χ1v) is 9.46. The highest BCUT2D eigenvalue weighted by Gasteiger charge is 2.19. The minimum atomic E-state index is -0.330. The van der Waals surface area contributed by atoms with E-state index in [4.69, 9.17) is 4.74 Å². The zero-order valence-electron chi connectivity index (χ0n) is 15.7. The molecule has 1 heterocycles. The van der Waals surface area contributed by atoms with Gasteiger partial charge in [-0.1, -0.05) is 30.0 Å². The first-order chi connectivity index (χ1) is 13.0. The van der Waals surface area contributed by atoms with Crippen molar-refractivity contribution >= 4 is 23.4 Å². The fourth-order valence-electron chi connectivity index (χ4n) is 2.63. The number of ether oxygens (including phenoxy) is 1. The van der Waals surface area contributed by atoms with Crippen LogP contribution >= 0.6 is 11.8 Å². The molecule has 0 aliphatic carbocycles. The monoisotopic (exact) mass is 382 g/mol. The van der Waals surface area contributed by atoms with E-state index in [1.165, 1.54) is 11.8 Å². The number of hydrogen-bond acceptors (Lipinski definition) is 5. The lowest BCUT2D eigenvalue weighted by Crippen LogP contribution is -2.23. The van der Waals surface area contributed by atoms with Crippen LogP contribution < -0.4 is 10.1 Å². The molecular weight excluding hydrogens is 360 g/mol. The van der Waals surface area contributed by atoms with Gasteiger partial charge in [-0.2, -0.15) is 0 Å². The Hall–Kier alpha value is -2.80. The third-order valence-corrected chi connectivity index (χ3v) is 5.17. The standard InChI is InChI=1S/C20H22N4O2S/c1-12-6-5-7-13(2)17(12)21-19(25)14(3)27-20-22-18(23-24-20)15-8-10-16(26-4)11-9-15/h5-11,14H,1-4H3,(H,21,25)(H,22,23,24). The van der Waals surface area contributed by atoms with Gasteiger partial charge in [0.15, 0.2) is 5.82 Å². The molecule has 1 aromatic heterocycles. The molecule has 140 valence electrons. The van der Waals surface area contributed by atoms with Crippen molar-refractivity contribution < 1.29 is 9.53 Å². The summed E-state index contributed by atoms with van der Waals surface area (Å²) in [5.74, 6) is 1.36. The fourth-order valence-corrected chi connectivity index (χ4v) is 3.35. The van der Waals surface area contributed by atoms with E-state index in [0.717, 1.165) is 28.1 Å². The van der Waals surface area contributed by atoms with Crippen molar-refractivity contribution in [3.63, 3.8) is 0 Å². The third-order valence-electron chi connectivity index (χ3n) is 4.21. The minimum absolute atomic E-state index is 0.0757. The van der Waals surface area contributed by atoms with Gasteiger partial charge in [-0.15, -0.1) is 5.10 Å². The highest BCUT2D eigenvalue weighted by Crippen LogP contribution is 2.26. The lowest BCUT2D eigenvalue weighted by Gasteiger charge is -2.14. The van der Waals surface area contributed by atoms with Crippen molar-refractivity contribution in [2.75, 3.05) is 12.4 Å². The number of benzene rings is 2. The number of amides is 1. The molecule has 6 nitrogen and oxygen atoms in total. The Balaban J connectivity index is 1.66. The maximum absolute atomic E-state index is 12.6. The second-order valence-electron chi connectivity index (χ2n) is 6.21. The Morgan fingerprint density at radius 3 is 2.44 bits per heavy atom. The number of nitrogens with zero attached hydrogens (tertiary/aromatic N) is 2. The SMILES string of the molecule is COc1ccc(-c2nc(SC(C)C(=O)Nc3c(C)cccc3C)n[nH]2)cc1. The van der Waals surface area contributed by atoms with Crippen LogP contribution in [0.15, 0.2) is 47.6 Å². The highest BCUT2D eigenvalue weighted by atomic mass is 32.2. The van der Waals surface area contributed by atoms with Gasteiger partial charge in [0.25, 0.3) is 0 Å². The normalized spacial score (nSPS) is 11.9. The Morgan fingerprint density at radius 1 is 1.15 bits per heavy atom. The van der Waals surface area contributed by atoms with Gasteiger partial charge in [-0.05, 0) is 56.2 Å². The Labute approximate surface area is 162 Å². The highest BCUT2D eigenvalue weighted by molar-refractivity contribution is 8.00. The van der Waals surface area contributed by atoms with E-state index in [9.17, 15) is 4.79 Å². The molecule has 7 heteroatoms. The smallest absolute Gasteiger partial charge is 0.237 e. The molecule has 0 saturated carbocycles. The number of methoxy groups -OCH3 is 1. The van der Waals surface area contributed by atoms with Crippen LogP contribution in [0, 0.1) is 13.8 Å². The van der Waals surface area contributed by atoms with Gasteiger partial charge in [-0.25, -0.2) is 4.98 Å². The number of carbonyl (C=O) groups excluding carboxylic acids is 1. The van der Waals surface area contributed by atoms with Crippen LogP contribution in [0.25, 0.3) is 11.4 Å². The average molecular weight is 382 g/mol. The van der Waals surface area contributed by atoms with Gasteiger partial charge in [0, 0.05) is 11.3 Å². The summed E-state index contributed by atoms with van der Waals surface area (Å²) in [6.45, 7) is 5.81. The van der Waals surface area contributed by atoms with Crippen molar-refractivity contribution in [3.8, 4) is 17.1 Å². The van der Waals surface area contributed by atoms with E-state index < -0.39 is 0 Å². The second-order valence-corrected chi connectivity index (χ2v) is 7.52. The molecule has 3 aromatic rings. The number of aryl methyl sites for hydroxylation is 2. The van der Waals surface area contributed by atoms with E-state index >= 15 is 0 Å². The van der Waals surface area contributed by atoms with Crippen LogP contribution in [0.2, 0.25) is 0 Å². The number of rotatable bonds is 6. The summed E-state index contributed by atoms with van der Waals surface area (Å²) in [5.41, 5.74) is 3.85. The molecule has 0 bridgehead atoms. The molecule has 0 aliphatic heterocycles. The third kappa shape index (κ3) is 4.49. The van der Waals surface area contributed by atoms with Crippen LogP contribution in [-0.2, 0) is 4.79 Å². The molecule has 0 fully saturated rings. The van der Waals surface area contributed by atoms with Crippen LogP contribution in [0.4, 0.5) is 5.69 Å². The number of aromatic amines is 1. The molecule has 0 spiro atoms. The van der Waals surface area contributed by atoms with Crippen molar-refractivity contribution in [1.29, 1.82) is 0 Å². The number of hydrogen-bond donors (Lipinski definition) is 2. The number of thioether (sulfide) groups is 1. The maximum atomic E-state index is 12.6. The van der Waals surface area contributed by atoms with Gasteiger partial charge in [0.1, 0.15) is 5.75 Å². The topological polar surface area (TPSA) is 79.9 Å². The second kappa shape index (κ2) is 8.26. The fraction of sp³-hybridized carbons (Fsp3) is 0.250. The summed E-state index contributed by atoms with van der Waals surface area (Å²) in [6, 6.07) is 13.5. The van der Waals surface area contributed by atoms with E-state index in [1.54, 1.807) is 7.11 Å². The average Bonchev–Trinajstić information content (AvgIpc) is 3.13. The molecule has 27 heavy (non-hydrogen) atoms. The van der Waals surface area contributed by atoms with E-state index in [2.05, 4.69) is 20.5 Å². The molecule has 0 aliphatic rings. The van der Waals surface area contributed by atoms with Crippen molar-refractivity contribution in [1.82, 2.24) is 15.2 Å². The van der Waals surface area contributed by atoms with Crippen molar-refractivity contribution in [2.24, 2.45) is 0 Å². The summed E-state index contributed by atoms with van der Waals surface area (Å²) < 4.78 is 5.16. The van der Waals surface area contributed by atoms with Crippen LogP contribution in [0.3, 0.4) is 0 Å². The minimum Gasteiger partial charge on any atom is -0.497 e. The van der Waals surface area contributed by atoms with E-state index in [0.29, 0.717) is 11.0 Å². The molecule has 1 unspecified atom stereocenters. The van der Waals surface area contributed by atoms with Gasteiger partial charge in [0.2, 0.25) is 11.1 Å². The summed E-state index contributed by atoms with van der Waals surface area (Å²) in [5, 5.41) is 10.3. The Kier molecular flexibility index (Phi) is 5.81. The predicted octanol–water partition coefficient (Wildman–Crippen LogP) is 4.22. The van der Waals surface area contributed by atoms with Crippen LogP contribution in [0.1, 0.15) is 18.1 Å². The lowest BCUT2D eigenvalue weighted by molar-refractivity contribution is -0.115. The van der Waals surface area contributed by atoms with E-state index in [1.807, 2.05) is 63.2 Å². The number of nitrogens with one attached hydrogen (secondary N) is 2. The number of carbonyl (C=O) groups is 1. The number of anilines is 1. The molecule has 2 N–H and O–H groups in total. The summed E-state index contributed by atoms with van der Waals surface area (Å²) >= 11 is 1.32. The van der Waals surface area contributed by atoms with Gasteiger partial charge in [0.05, 0.1) is 12.4 Å². The van der Waals surface area contributed by atoms with Crippen LogP contribution in [-0.4, -0.2) is 33.4 Å². The quantitative estimate of drug-likeness (QED) is 0.624. The van der Waals surface area contributed by atoms with Crippen molar-refractivity contribution in [2.45, 2.75) is 31.2 Å². The summed E-state index contributed by atoms with van der Waals surface area (Å²) in [4.78, 5) is 17.0. The number of para-hydroxylation sites is 1. The Morgan fingerprint density at radius 2 is 1.81 bits per heavy atom. The first-order valence-electron chi connectivity index (χ1n) is 8.58. The maximum Gasteiger partial charge on any atom is 0.237 e. The molecule has 1 atom stereocenters. The Bertz CT molecular complexity index is 917. The van der Waals surface area contributed by atoms with Gasteiger partial charge >= 0.3 is 0 Å². The molecule has 3 rings (SSSR count). The molecule has 2 aromatic carbocycles. The van der Waals surface area contributed by atoms with Gasteiger partial charge < -0.3 is 10.1 Å². The number of H-pyrrole nitrogens is 1. The predicted molar refractivity (Wildman–Crippen MR) is 108 cm³/mol. The lowest BCUT2D eigenvalue weighted by atomic mass is 10.1. The zero-order chi connectivity index (χ0) is 19.4. The van der Waals surface area contributed by atoms with E-state index in [-0.39, 0.29) is 11.2 Å². The first kappa shape index (κ1) is 19.0. The van der Waals surface area contributed by atoms with Gasteiger partial charge in [-0.3, -0.25) is 9.89 Å². The zero-order valence-corrected chi connectivity index (χ0v) is 16.6. The molecule has 1 amide bonds. The summed E-state index contributed by atoms with van der Waals surface area (Å²) in [7, 11) is 1.63. The summed E-state index contributed by atoms with van der Waals surface area (Å²) in [6.07, 6.45) is 0.